The summed E-state index contributed by atoms with van der Waals surface area (Å²) in [7, 11) is 0. The quantitative estimate of drug-likeness (QED) is 0.859. The number of ether oxygens (including phenoxy) is 1. The summed E-state index contributed by atoms with van der Waals surface area (Å²) in [6.07, 6.45) is 0.941. The summed E-state index contributed by atoms with van der Waals surface area (Å²) in [4.78, 5) is 14.5. The largest absolute Gasteiger partial charge is 0.378 e. The normalized spacial score (nSPS) is 22.3. The number of rotatable bonds is 4. The zero-order chi connectivity index (χ0) is 14.5. The Hall–Kier alpha value is -1.59. The molecule has 1 unspecified atom stereocenters. The van der Waals surface area contributed by atoms with E-state index in [0.717, 1.165) is 45.8 Å². The van der Waals surface area contributed by atoms with E-state index in [1.54, 1.807) is 0 Å². The number of benzene rings is 1. The zero-order valence-corrected chi connectivity index (χ0v) is 12.3. The van der Waals surface area contributed by atoms with Crippen molar-refractivity contribution in [3.8, 4) is 0 Å². The van der Waals surface area contributed by atoms with E-state index in [-0.39, 0.29) is 11.8 Å². The van der Waals surface area contributed by atoms with E-state index in [0.29, 0.717) is 6.54 Å². The van der Waals surface area contributed by atoms with Gasteiger partial charge in [0.05, 0.1) is 19.1 Å². The maximum atomic E-state index is 12.1. The van der Waals surface area contributed by atoms with Crippen LogP contribution in [0.2, 0.25) is 0 Å². The van der Waals surface area contributed by atoms with Gasteiger partial charge >= 0.3 is 0 Å². The first-order valence-electron chi connectivity index (χ1n) is 7.73. The second kappa shape index (κ2) is 6.91. The van der Waals surface area contributed by atoms with E-state index in [2.05, 4.69) is 33.7 Å². The fraction of sp³-hybridized carbons (Fsp3) is 0.562. The molecule has 3 rings (SSSR count). The van der Waals surface area contributed by atoms with Crippen molar-refractivity contribution in [2.45, 2.75) is 13.0 Å². The van der Waals surface area contributed by atoms with Gasteiger partial charge in [0.15, 0.2) is 0 Å². The first-order valence-corrected chi connectivity index (χ1v) is 7.73. The summed E-state index contributed by atoms with van der Waals surface area (Å²) in [6, 6.07) is 8.31. The highest BCUT2D eigenvalue weighted by molar-refractivity contribution is 5.79. The Morgan fingerprint density at radius 2 is 2.14 bits per heavy atom. The van der Waals surface area contributed by atoms with Gasteiger partial charge in [-0.2, -0.15) is 0 Å². The highest BCUT2D eigenvalue weighted by Gasteiger charge is 2.22. The lowest BCUT2D eigenvalue weighted by atomic mass is 10.1. The molecule has 2 saturated heterocycles. The van der Waals surface area contributed by atoms with Crippen LogP contribution in [0, 0.1) is 5.92 Å². The zero-order valence-electron chi connectivity index (χ0n) is 12.3. The number of para-hydroxylation sites is 1. The van der Waals surface area contributed by atoms with Gasteiger partial charge in [0, 0.05) is 31.9 Å². The van der Waals surface area contributed by atoms with Crippen molar-refractivity contribution in [1.82, 2.24) is 10.6 Å². The summed E-state index contributed by atoms with van der Waals surface area (Å²) < 4.78 is 5.41. The van der Waals surface area contributed by atoms with Crippen molar-refractivity contribution < 1.29 is 9.53 Å². The summed E-state index contributed by atoms with van der Waals surface area (Å²) in [5.41, 5.74) is 2.39. The third-order valence-corrected chi connectivity index (χ3v) is 4.23. The lowest BCUT2D eigenvalue weighted by molar-refractivity contribution is -0.124. The van der Waals surface area contributed by atoms with Crippen LogP contribution < -0.4 is 15.5 Å². The van der Waals surface area contributed by atoms with Crippen LogP contribution in [0.3, 0.4) is 0 Å². The van der Waals surface area contributed by atoms with Crippen LogP contribution in [0.1, 0.15) is 12.0 Å². The molecule has 0 saturated carbocycles. The van der Waals surface area contributed by atoms with Gasteiger partial charge in [-0.1, -0.05) is 18.2 Å². The Bertz CT molecular complexity index is 480. The molecule has 114 valence electrons. The number of nitrogens with zero attached hydrogens (tertiary/aromatic N) is 1. The predicted octanol–water partition coefficient (Wildman–Crippen LogP) is 0.749. The molecule has 1 atom stereocenters. The molecule has 0 radical (unpaired) electrons. The molecular weight excluding hydrogens is 266 g/mol. The molecule has 0 aliphatic carbocycles. The van der Waals surface area contributed by atoms with Gasteiger partial charge in [0.25, 0.3) is 0 Å². The molecule has 21 heavy (non-hydrogen) atoms. The number of anilines is 1. The van der Waals surface area contributed by atoms with Crippen LogP contribution in [0.4, 0.5) is 5.69 Å². The second-order valence-electron chi connectivity index (χ2n) is 5.64. The number of morpholine rings is 1. The maximum absolute atomic E-state index is 12.1. The fourth-order valence-electron chi connectivity index (χ4n) is 2.98. The summed E-state index contributed by atoms with van der Waals surface area (Å²) in [5.74, 6) is 0.289. The van der Waals surface area contributed by atoms with E-state index in [4.69, 9.17) is 4.74 Å². The minimum absolute atomic E-state index is 0.126. The Balaban J connectivity index is 1.63. The van der Waals surface area contributed by atoms with Gasteiger partial charge in [-0.05, 0) is 24.6 Å². The van der Waals surface area contributed by atoms with Crippen LogP contribution in [0.25, 0.3) is 0 Å². The number of nitrogens with one attached hydrogen (secondary N) is 2. The summed E-state index contributed by atoms with van der Waals surface area (Å²) >= 11 is 0. The highest BCUT2D eigenvalue weighted by Crippen LogP contribution is 2.21. The Kier molecular flexibility index (Phi) is 4.72. The molecule has 2 N–H and O–H groups in total. The number of carbonyl (C=O) groups excluding carboxylic acids is 1. The molecule has 2 heterocycles. The molecule has 2 aliphatic heterocycles. The average molecular weight is 289 g/mol. The molecule has 2 fully saturated rings. The third-order valence-electron chi connectivity index (χ3n) is 4.23. The van der Waals surface area contributed by atoms with E-state index in [9.17, 15) is 4.79 Å². The molecule has 1 amide bonds. The molecule has 0 bridgehead atoms. The lowest BCUT2D eigenvalue weighted by Gasteiger charge is -2.30. The fourth-order valence-corrected chi connectivity index (χ4v) is 2.98. The highest BCUT2D eigenvalue weighted by atomic mass is 16.5. The molecule has 0 spiro atoms. The topological polar surface area (TPSA) is 53.6 Å². The molecule has 1 aromatic carbocycles. The van der Waals surface area contributed by atoms with Crippen LogP contribution in [-0.4, -0.2) is 45.3 Å². The average Bonchev–Trinajstić information content (AvgIpc) is 3.08. The molecule has 0 aromatic heterocycles. The van der Waals surface area contributed by atoms with Gasteiger partial charge < -0.3 is 20.3 Å². The number of hydrogen-bond donors (Lipinski definition) is 2. The van der Waals surface area contributed by atoms with Crippen molar-refractivity contribution in [1.29, 1.82) is 0 Å². The minimum Gasteiger partial charge on any atom is -0.378 e. The Labute approximate surface area is 125 Å². The van der Waals surface area contributed by atoms with Crippen molar-refractivity contribution in [2.75, 3.05) is 44.3 Å². The van der Waals surface area contributed by atoms with Crippen molar-refractivity contribution in [2.24, 2.45) is 5.92 Å². The standard InChI is InChI=1S/C16H23N3O2/c20-16(14-5-6-17-11-14)18-12-13-3-1-2-4-15(13)19-7-9-21-10-8-19/h1-4,14,17H,5-12H2,(H,18,20). The smallest absolute Gasteiger partial charge is 0.224 e. The predicted molar refractivity (Wildman–Crippen MR) is 82.3 cm³/mol. The van der Waals surface area contributed by atoms with Gasteiger partial charge in [-0.25, -0.2) is 0 Å². The van der Waals surface area contributed by atoms with Crippen LogP contribution >= 0.6 is 0 Å². The van der Waals surface area contributed by atoms with Crippen molar-refractivity contribution in [3.63, 3.8) is 0 Å². The van der Waals surface area contributed by atoms with Crippen LogP contribution in [0.15, 0.2) is 24.3 Å². The minimum atomic E-state index is 0.126. The maximum Gasteiger partial charge on any atom is 0.224 e. The van der Waals surface area contributed by atoms with Gasteiger partial charge in [-0.15, -0.1) is 0 Å². The molecule has 5 heteroatoms. The Morgan fingerprint density at radius 1 is 1.33 bits per heavy atom. The van der Waals surface area contributed by atoms with E-state index >= 15 is 0 Å². The molecule has 2 aliphatic rings. The molecule has 1 aromatic rings. The van der Waals surface area contributed by atoms with Crippen molar-refractivity contribution in [3.05, 3.63) is 29.8 Å². The van der Waals surface area contributed by atoms with Crippen molar-refractivity contribution >= 4 is 11.6 Å². The number of hydrogen-bond acceptors (Lipinski definition) is 4. The van der Waals surface area contributed by atoms with E-state index < -0.39 is 0 Å². The van der Waals surface area contributed by atoms with Crippen LogP contribution in [0.5, 0.6) is 0 Å². The number of carbonyl (C=O) groups is 1. The monoisotopic (exact) mass is 289 g/mol. The first-order chi connectivity index (χ1) is 10.3. The SMILES string of the molecule is O=C(NCc1ccccc1N1CCOCC1)C1CCNC1. The summed E-state index contributed by atoms with van der Waals surface area (Å²) in [6.45, 7) is 5.72. The van der Waals surface area contributed by atoms with E-state index in [1.807, 2.05) is 6.07 Å². The lowest BCUT2D eigenvalue weighted by Crippen LogP contribution is -2.37. The molecule has 5 nitrogen and oxygen atoms in total. The third kappa shape index (κ3) is 3.54. The second-order valence-corrected chi connectivity index (χ2v) is 5.64. The Morgan fingerprint density at radius 3 is 2.90 bits per heavy atom. The van der Waals surface area contributed by atoms with Gasteiger partial charge in [0.2, 0.25) is 5.91 Å². The molecular formula is C16H23N3O2. The van der Waals surface area contributed by atoms with E-state index in [1.165, 1.54) is 11.3 Å². The number of amides is 1. The summed E-state index contributed by atoms with van der Waals surface area (Å²) in [5, 5.41) is 6.32. The van der Waals surface area contributed by atoms with Crippen LogP contribution in [-0.2, 0) is 16.1 Å². The van der Waals surface area contributed by atoms with Gasteiger partial charge in [0.1, 0.15) is 0 Å². The van der Waals surface area contributed by atoms with Gasteiger partial charge in [-0.3, -0.25) is 4.79 Å². The first kappa shape index (κ1) is 14.4.